The molecule has 2 saturated heterocycles. The second-order valence-electron chi connectivity index (χ2n) is 7.11. The summed E-state index contributed by atoms with van der Waals surface area (Å²) in [7, 11) is 0. The van der Waals surface area contributed by atoms with Crippen LogP contribution in [0.15, 0.2) is 35.5 Å². The summed E-state index contributed by atoms with van der Waals surface area (Å²) >= 11 is 0. The van der Waals surface area contributed by atoms with E-state index in [9.17, 15) is 5.21 Å². The van der Waals surface area contributed by atoms with E-state index >= 15 is 0 Å². The number of nitrogens with zero attached hydrogens (tertiary/aromatic N) is 1. The third-order valence-corrected chi connectivity index (χ3v) is 5.75. The van der Waals surface area contributed by atoms with Crippen molar-refractivity contribution < 1.29 is 9.94 Å². The van der Waals surface area contributed by atoms with E-state index in [-0.39, 0.29) is 11.5 Å². The number of hydrogen-bond donors (Lipinski definition) is 2. The number of ether oxygens (including phenoxy) is 1. The summed E-state index contributed by atoms with van der Waals surface area (Å²) in [4.78, 5) is 0. The van der Waals surface area contributed by atoms with Crippen molar-refractivity contribution in [2.45, 2.75) is 57.0 Å². The summed E-state index contributed by atoms with van der Waals surface area (Å²) in [5, 5.41) is 16.8. The first-order valence-corrected chi connectivity index (χ1v) is 9.42. The van der Waals surface area contributed by atoms with Gasteiger partial charge in [0, 0.05) is 38.0 Å². The first-order valence-electron chi connectivity index (χ1n) is 9.42. The highest BCUT2D eigenvalue weighted by Crippen LogP contribution is 2.48. The van der Waals surface area contributed by atoms with Gasteiger partial charge in [-0.05, 0) is 24.8 Å². The summed E-state index contributed by atoms with van der Waals surface area (Å²) in [5.41, 5.74) is 2.01. The van der Waals surface area contributed by atoms with Crippen molar-refractivity contribution in [3.8, 4) is 0 Å². The van der Waals surface area contributed by atoms with Gasteiger partial charge >= 0.3 is 0 Å². The maximum atomic E-state index is 9.59. The van der Waals surface area contributed by atoms with Gasteiger partial charge in [0.15, 0.2) is 0 Å². The zero-order valence-corrected chi connectivity index (χ0v) is 14.7. The minimum absolute atomic E-state index is 0.147. The van der Waals surface area contributed by atoms with E-state index < -0.39 is 0 Å². The fraction of sp³-hybridized carbons (Fsp3) is 0.650. The minimum Gasteiger partial charge on any atom is -0.411 e. The molecule has 0 amide bonds. The first kappa shape index (κ1) is 17.4. The van der Waals surface area contributed by atoms with Crippen molar-refractivity contribution in [2.75, 3.05) is 19.7 Å². The molecule has 0 radical (unpaired) electrons. The van der Waals surface area contributed by atoms with Gasteiger partial charge in [0.05, 0.1) is 11.3 Å². The molecule has 1 aromatic rings. The van der Waals surface area contributed by atoms with E-state index in [4.69, 9.17) is 4.74 Å². The highest BCUT2D eigenvalue weighted by molar-refractivity contribution is 5.88. The molecule has 4 nitrogen and oxygen atoms in total. The molecule has 0 aliphatic carbocycles. The van der Waals surface area contributed by atoms with Gasteiger partial charge in [0.25, 0.3) is 0 Å². The molecular formula is C20H30N2O2. The smallest absolute Gasteiger partial charge is 0.0844 e. The molecule has 24 heavy (non-hydrogen) atoms. The Kier molecular flexibility index (Phi) is 5.90. The fourth-order valence-electron chi connectivity index (χ4n) is 4.58. The van der Waals surface area contributed by atoms with Crippen molar-refractivity contribution in [2.24, 2.45) is 11.1 Å². The molecule has 3 atom stereocenters. The van der Waals surface area contributed by atoms with Crippen LogP contribution in [0.1, 0.15) is 56.9 Å². The maximum Gasteiger partial charge on any atom is 0.0844 e. The van der Waals surface area contributed by atoms with Gasteiger partial charge in [0.2, 0.25) is 0 Å². The van der Waals surface area contributed by atoms with Crippen molar-refractivity contribution in [1.82, 2.24) is 5.32 Å². The number of rotatable bonds is 5. The SMILES string of the molecule is CCCCC1(C2CNCCC2=NO)OCCCC1c1ccccc1. The molecule has 4 heteroatoms. The van der Waals surface area contributed by atoms with Crippen LogP contribution < -0.4 is 5.32 Å². The minimum atomic E-state index is -0.259. The standard InChI is InChI=1S/C20H30N2O2/c1-2-3-12-20(18-15-21-13-11-19(18)22-23)17(10-7-14-24-20)16-8-5-4-6-9-16/h4-6,8-9,17-18,21,23H,2-3,7,10-15H2,1H3. The van der Waals surface area contributed by atoms with Crippen LogP contribution in [-0.2, 0) is 4.74 Å². The molecule has 0 spiro atoms. The maximum absolute atomic E-state index is 9.59. The van der Waals surface area contributed by atoms with E-state index in [0.29, 0.717) is 5.92 Å². The van der Waals surface area contributed by atoms with Crippen LogP contribution in [0.25, 0.3) is 0 Å². The van der Waals surface area contributed by atoms with Crippen molar-refractivity contribution in [3.63, 3.8) is 0 Å². The number of piperidine rings is 1. The molecule has 2 fully saturated rings. The molecule has 0 bridgehead atoms. The zero-order chi connectivity index (χ0) is 16.8. The second kappa shape index (κ2) is 8.13. The molecule has 2 aliphatic rings. The van der Waals surface area contributed by atoms with Gasteiger partial charge in [-0.3, -0.25) is 0 Å². The van der Waals surface area contributed by atoms with Gasteiger partial charge in [-0.1, -0.05) is 55.3 Å². The Hall–Kier alpha value is -1.39. The molecule has 0 saturated carbocycles. The Bertz CT molecular complexity index is 546. The highest BCUT2D eigenvalue weighted by Gasteiger charge is 2.50. The van der Waals surface area contributed by atoms with Crippen molar-refractivity contribution >= 4 is 5.71 Å². The largest absolute Gasteiger partial charge is 0.411 e. The molecule has 132 valence electrons. The molecule has 2 aliphatic heterocycles. The van der Waals surface area contributed by atoms with E-state index in [2.05, 4.69) is 47.7 Å². The summed E-state index contributed by atoms with van der Waals surface area (Å²) in [6.45, 7) is 4.76. The number of unbranched alkanes of at least 4 members (excludes halogenated alkanes) is 1. The predicted octanol–water partition coefficient (Wildman–Crippen LogP) is 3.95. The Balaban J connectivity index is 2.01. The van der Waals surface area contributed by atoms with E-state index in [1.807, 2.05) is 0 Å². The van der Waals surface area contributed by atoms with Crippen LogP contribution in [0.3, 0.4) is 0 Å². The van der Waals surface area contributed by atoms with Crippen LogP contribution in [0.4, 0.5) is 0 Å². The lowest BCUT2D eigenvalue weighted by Crippen LogP contribution is -2.57. The van der Waals surface area contributed by atoms with Crippen LogP contribution >= 0.6 is 0 Å². The summed E-state index contributed by atoms with van der Waals surface area (Å²) in [6, 6.07) is 10.8. The Morgan fingerprint density at radius 3 is 2.88 bits per heavy atom. The quantitative estimate of drug-likeness (QED) is 0.635. The van der Waals surface area contributed by atoms with Gasteiger partial charge in [-0.25, -0.2) is 0 Å². The number of hydrogen-bond acceptors (Lipinski definition) is 4. The fourth-order valence-corrected chi connectivity index (χ4v) is 4.58. The molecule has 2 heterocycles. The predicted molar refractivity (Wildman–Crippen MR) is 96.8 cm³/mol. The van der Waals surface area contributed by atoms with Gasteiger partial charge in [-0.15, -0.1) is 0 Å². The summed E-state index contributed by atoms with van der Waals surface area (Å²) < 4.78 is 6.57. The van der Waals surface area contributed by atoms with Crippen molar-refractivity contribution in [1.29, 1.82) is 0 Å². The Labute approximate surface area is 145 Å². The molecule has 3 unspecified atom stereocenters. The normalized spacial score (nSPS) is 32.8. The van der Waals surface area contributed by atoms with E-state index in [1.54, 1.807) is 0 Å². The average Bonchev–Trinajstić information content (AvgIpc) is 2.67. The van der Waals surface area contributed by atoms with Crippen LogP contribution in [-0.4, -0.2) is 36.2 Å². The molecular weight excluding hydrogens is 300 g/mol. The van der Waals surface area contributed by atoms with Gasteiger partial charge in [-0.2, -0.15) is 0 Å². The van der Waals surface area contributed by atoms with Crippen LogP contribution in [0, 0.1) is 5.92 Å². The number of nitrogens with one attached hydrogen (secondary N) is 1. The molecule has 2 N–H and O–H groups in total. The first-order chi connectivity index (χ1) is 11.8. The molecule has 1 aromatic carbocycles. The topological polar surface area (TPSA) is 53.9 Å². The number of oxime groups is 1. The van der Waals surface area contributed by atoms with Crippen molar-refractivity contribution in [3.05, 3.63) is 35.9 Å². The van der Waals surface area contributed by atoms with E-state index in [1.165, 1.54) is 5.56 Å². The second-order valence-corrected chi connectivity index (χ2v) is 7.11. The van der Waals surface area contributed by atoms with Gasteiger partial charge < -0.3 is 15.3 Å². The summed E-state index contributed by atoms with van der Waals surface area (Å²) in [5.74, 6) is 0.508. The molecule has 0 aromatic heterocycles. The average molecular weight is 330 g/mol. The third-order valence-electron chi connectivity index (χ3n) is 5.75. The third kappa shape index (κ3) is 3.35. The lowest BCUT2D eigenvalue weighted by atomic mass is 9.65. The lowest BCUT2D eigenvalue weighted by molar-refractivity contribution is -0.123. The zero-order valence-electron chi connectivity index (χ0n) is 14.7. The highest BCUT2D eigenvalue weighted by atomic mass is 16.5. The van der Waals surface area contributed by atoms with Crippen LogP contribution in [0.5, 0.6) is 0 Å². The Morgan fingerprint density at radius 1 is 1.29 bits per heavy atom. The number of benzene rings is 1. The Morgan fingerprint density at radius 2 is 2.12 bits per heavy atom. The molecule has 3 rings (SSSR count). The summed E-state index contributed by atoms with van der Waals surface area (Å²) in [6.07, 6.45) is 6.35. The monoisotopic (exact) mass is 330 g/mol. The van der Waals surface area contributed by atoms with Crippen LogP contribution in [0.2, 0.25) is 0 Å². The van der Waals surface area contributed by atoms with Gasteiger partial charge in [0.1, 0.15) is 0 Å². The van der Waals surface area contributed by atoms with E-state index in [0.717, 1.165) is 63.9 Å². The lowest BCUT2D eigenvalue weighted by Gasteiger charge is -2.50.